The van der Waals surface area contributed by atoms with E-state index in [4.69, 9.17) is 15.2 Å². The molecule has 7 nitrogen and oxygen atoms in total. The number of hydrogen-bond donors (Lipinski definition) is 3. The van der Waals surface area contributed by atoms with Crippen molar-refractivity contribution in [2.45, 2.75) is 12.8 Å². The van der Waals surface area contributed by atoms with E-state index < -0.39 is 0 Å². The van der Waals surface area contributed by atoms with Crippen molar-refractivity contribution >= 4 is 17.5 Å². The Balaban J connectivity index is 1.93. The fourth-order valence-electron chi connectivity index (χ4n) is 2.72. The van der Waals surface area contributed by atoms with Gasteiger partial charge in [-0.05, 0) is 35.7 Å². The van der Waals surface area contributed by atoms with Crippen LogP contribution in [0.25, 0.3) is 0 Å². The largest absolute Gasteiger partial charge is 0.493 e. The molecule has 2 aromatic carbocycles. The van der Waals surface area contributed by atoms with Gasteiger partial charge in [0, 0.05) is 19.3 Å². The van der Waals surface area contributed by atoms with Crippen LogP contribution < -0.4 is 25.8 Å². The Hall–Kier alpha value is -3.22. The molecule has 4 N–H and O–H groups in total. The average molecular weight is 371 g/mol. The van der Waals surface area contributed by atoms with Gasteiger partial charge in [-0.25, -0.2) is 0 Å². The zero-order valence-corrected chi connectivity index (χ0v) is 15.8. The highest BCUT2D eigenvalue weighted by Gasteiger charge is 2.13. The van der Waals surface area contributed by atoms with Crippen molar-refractivity contribution in [1.29, 1.82) is 0 Å². The van der Waals surface area contributed by atoms with Crippen LogP contribution in [0.4, 0.5) is 5.69 Å². The first-order chi connectivity index (χ1) is 13.0. The molecule has 0 fully saturated rings. The van der Waals surface area contributed by atoms with Crippen LogP contribution in [0.15, 0.2) is 36.4 Å². The quantitative estimate of drug-likeness (QED) is 0.611. The molecule has 2 amide bonds. The van der Waals surface area contributed by atoms with Gasteiger partial charge in [-0.3, -0.25) is 9.59 Å². The van der Waals surface area contributed by atoms with Crippen LogP contribution in [-0.2, 0) is 17.6 Å². The molecule has 27 heavy (non-hydrogen) atoms. The third-order valence-corrected chi connectivity index (χ3v) is 4.20. The van der Waals surface area contributed by atoms with Crippen molar-refractivity contribution in [2.24, 2.45) is 0 Å². The minimum absolute atomic E-state index is 0.114. The van der Waals surface area contributed by atoms with E-state index >= 15 is 0 Å². The predicted octanol–water partition coefficient (Wildman–Crippen LogP) is 1.55. The minimum Gasteiger partial charge on any atom is -0.493 e. The molecule has 0 atom stereocenters. The van der Waals surface area contributed by atoms with Crippen LogP contribution in [-0.4, -0.2) is 39.6 Å². The maximum absolute atomic E-state index is 12.2. The summed E-state index contributed by atoms with van der Waals surface area (Å²) in [6.45, 7) is 0.476. The van der Waals surface area contributed by atoms with Gasteiger partial charge in [0.2, 0.25) is 5.91 Å². The maximum Gasteiger partial charge on any atom is 0.253 e. The van der Waals surface area contributed by atoms with Crippen LogP contribution in [0.5, 0.6) is 11.5 Å². The van der Waals surface area contributed by atoms with E-state index in [1.807, 2.05) is 18.2 Å². The van der Waals surface area contributed by atoms with Crippen molar-refractivity contribution in [2.75, 3.05) is 33.5 Å². The van der Waals surface area contributed by atoms with E-state index in [1.165, 1.54) is 7.05 Å². The summed E-state index contributed by atoms with van der Waals surface area (Å²) >= 11 is 0. The molecular weight excluding hydrogens is 346 g/mol. The van der Waals surface area contributed by atoms with Crippen LogP contribution in [0.1, 0.15) is 21.5 Å². The Morgan fingerprint density at radius 2 is 1.81 bits per heavy atom. The molecule has 0 bridgehead atoms. The first kappa shape index (κ1) is 20.1. The summed E-state index contributed by atoms with van der Waals surface area (Å²) in [6.07, 6.45) is 0.766. The van der Waals surface area contributed by atoms with E-state index in [-0.39, 0.29) is 18.2 Å². The molecule has 7 heteroatoms. The number of para-hydroxylation sites is 1. The smallest absolute Gasteiger partial charge is 0.253 e. The number of benzene rings is 2. The molecule has 0 radical (unpaired) electrons. The number of ether oxygens (including phenoxy) is 2. The number of carbonyl (C=O) groups is 2. The zero-order chi connectivity index (χ0) is 19.8. The number of nitrogens with two attached hydrogens (primary N) is 1. The second-order valence-corrected chi connectivity index (χ2v) is 5.92. The van der Waals surface area contributed by atoms with Gasteiger partial charge < -0.3 is 25.8 Å². The highest BCUT2D eigenvalue weighted by molar-refractivity contribution is 6.00. The summed E-state index contributed by atoms with van der Waals surface area (Å²) < 4.78 is 10.5. The van der Waals surface area contributed by atoms with Crippen LogP contribution in [0.3, 0.4) is 0 Å². The van der Waals surface area contributed by atoms with Gasteiger partial charge in [-0.15, -0.1) is 0 Å². The summed E-state index contributed by atoms with van der Waals surface area (Å²) in [5.74, 6) is 0.885. The second-order valence-electron chi connectivity index (χ2n) is 5.92. The lowest BCUT2D eigenvalue weighted by Crippen LogP contribution is -2.28. The van der Waals surface area contributed by atoms with Gasteiger partial charge >= 0.3 is 0 Å². The lowest BCUT2D eigenvalue weighted by molar-refractivity contribution is -0.120. The van der Waals surface area contributed by atoms with E-state index in [1.54, 1.807) is 32.4 Å². The fourth-order valence-corrected chi connectivity index (χ4v) is 2.72. The number of nitrogen functional groups attached to an aromatic ring is 1. The standard InChI is InChI=1S/C20H25N3O4/c1-22-20(25)15-6-4-5-14(19(15)21)12-18(24)23-10-9-13-7-8-16(26-2)17(11-13)27-3/h4-8,11H,9-10,12,21H2,1-3H3,(H,22,25)(H,23,24). The van der Waals surface area contributed by atoms with Gasteiger partial charge in [-0.1, -0.05) is 18.2 Å². The molecule has 0 saturated heterocycles. The number of carbonyl (C=O) groups excluding carboxylic acids is 2. The van der Waals surface area contributed by atoms with Crippen molar-refractivity contribution in [3.63, 3.8) is 0 Å². The summed E-state index contributed by atoms with van der Waals surface area (Å²) in [6, 6.07) is 10.7. The number of methoxy groups -OCH3 is 2. The third kappa shape index (κ3) is 5.13. The van der Waals surface area contributed by atoms with Gasteiger partial charge in [0.05, 0.1) is 26.2 Å². The molecule has 0 aromatic heterocycles. The first-order valence-electron chi connectivity index (χ1n) is 8.57. The summed E-state index contributed by atoms with van der Waals surface area (Å²) in [4.78, 5) is 24.0. The number of rotatable bonds is 8. The maximum atomic E-state index is 12.2. The molecule has 2 aromatic rings. The number of hydrogen-bond acceptors (Lipinski definition) is 5. The molecular formula is C20H25N3O4. The fraction of sp³-hybridized carbons (Fsp3) is 0.300. The monoisotopic (exact) mass is 371 g/mol. The van der Waals surface area contributed by atoms with Crippen molar-refractivity contribution in [3.05, 3.63) is 53.1 Å². The van der Waals surface area contributed by atoms with Gasteiger partial charge in [0.1, 0.15) is 0 Å². The van der Waals surface area contributed by atoms with E-state index in [2.05, 4.69) is 10.6 Å². The molecule has 0 aliphatic heterocycles. The number of anilines is 1. The normalized spacial score (nSPS) is 10.2. The molecule has 0 aliphatic rings. The molecule has 0 aliphatic carbocycles. The van der Waals surface area contributed by atoms with Gasteiger partial charge in [0.15, 0.2) is 11.5 Å². The van der Waals surface area contributed by atoms with Crippen molar-refractivity contribution in [1.82, 2.24) is 10.6 Å². The average Bonchev–Trinajstić information content (AvgIpc) is 2.68. The highest BCUT2D eigenvalue weighted by atomic mass is 16.5. The van der Waals surface area contributed by atoms with E-state index in [0.717, 1.165) is 5.56 Å². The predicted molar refractivity (Wildman–Crippen MR) is 104 cm³/mol. The number of amides is 2. The summed E-state index contributed by atoms with van der Waals surface area (Å²) in [5.41, 5.74) is 8.36. The Morgan fingerprint density at radius 3 is 2.48 bits per heavy atom. The van der Waals surface area contributed by atoms with Crippen LogP contribution in [0, 0.1) is 0 Å². The van der Waals surface area contributed by atoms with Crippen LogP contribution >= 0.6 is 0 Å². The Labute approximate surface area is 158 Å². The number of nitrogens with one attached hydrogen (secondary N) is 2. The lowest BCUT2D eigenvalue weighted by Gasteiger charge is -2.11. The highest BCUT2D eigenvalue weighted by Crippen LogP contribution is 2.27. The SMILES string of the molecule is CNC(=O)c1cccc(CC(=O)NCCc2ccc(OC)c(OC)c2)c1N. The lowest BCUT2D eigenvalue weighted by atomic mass is 10.0. The van der Waals surface area contributed by atoms with Crippen LogP contribution in [0.2, 0.25) is 0 Å². The Bertz CT molecular complexity index is 821. The summed E-state index contributed by atoms with van der Waals surface area (Å²) in [7, 11) is 4.71. The van der Waals surface area contributed by atoms with E-state index in [9.17, 15) is 9.59 Å². The van der Waals surface area contributed by atoms with E-state index in [0.29, 0.717) is 41.3 Å². The molecule has 0 unspecified atom stereocenters. The molecule has 2 rings (SSSR count). The zero-order valence-electron chi connectivity index (χ0n) is 15.8. The van der Waals surface area contributed by atoms with Crippen molar-refractivity contribution in [3.8, 4) is 11.5 Å². The minimum atomic E-state index is -0.275. The van der Waals surface area contributed by atoms with Gasteiger partial charge in [0.25, 0.3) is 5.91 Å². The van der Waals surface area contributed by atoms with Gasteiger partial charge in [-0.2, -0.15) is 0 Å². The first-order valence-corrected chi connectivity index (χ1v) is 8.57. The Morgan fingerprint density at radius 1 is 1.07 bits per heavy atom. The van der Waals surface area contributed by atoms with Crippen molar-refractivity contribution < 1.29 is 19.1 Å². The molecule has 144 valence electrons. The topological polar surface area (TPSA) is 103 Å². The second kappa shape index (κ2) is 9.47. The molecule has 0 spiro atoms. The summed E-state index contributed by atoms with van der Waals surface area (Å²) in [5, 5.41) is 5.40. The Kier molecular flexibility index (Phi) is 7.05. The molecule has 0 heterocycles. The third-order valence-electron chi connectivity index (χ3n) is 4.20. The molecule has 0 saturated carbocycles.